The first-order valence-corrected chi connectivity index (χ1v) is 15.2. The Morgan fingerprint density at radius 3 is 2.24 bits per heavy atom. The van der Waals surface area contributed by atoms with E-state index in [1.165, 1.54) is 15.4 Å². The molecule has 0 bridgehead atoms. The zero-order valence-corrected chi connectivity index (χ0v) is 26.9. The van der Waals surface area contributed by atoms with Crippen molar-refractivity contribution >= 4 is 29.9 Å². The number of aldehydes is 1. The fraction of sp³-hybridized carbons (Fsp3) is 0.531. The van der Waals surface area contributed by atoms with Crippen molar-refractivity contribution in [3.63, 3.8) is 0 Å². The number of nitrogens with zero attached hydrogens (tertiary/aromatic N) is 3. The number of aliphatic hydroxyl groups is 1. The van der Waals surface area contributed by atoms with Crippen LogP contribution in [0.15, 0.2) is 69.9 Å². The molecule has 0 unspecified atom stereocenters. The maximum atomic E-state index is 9.51. The second-order valence-corrected chi connectivity index (χ2v) is 9.51. The minimum Gasteiger partial charge on any atom is -0.478 e. The summed E-state index contributed by atoms with van der Waals surface area (Å²) in [5.41, 5.74) is 1.23. The number of benzene rings is 1. The third-order valence-corrected chi connectivity index (χ3v) is 6.74. The molecule has 0 aliphatic carbocycles. The summed E-state index contributed by atoms with van der Waals surface area (Å²) in [5, 5.41) is 16.6. The topological polar surface area (TPSA) is 103 Å². The normalized spacial score (nSPS) is 13.7. The first-order valence-electron chi connectivity index (χ1n) is 14.4. The van der Waals surface area contributed by atoms with Crippen molar-refractivity contribution in [1.82, 2.24) is 9.80 Å². The van der Waals surface area contributed by atoms with E-state index in [0.717, 1.165) is 70.0 Å². The molecule has 0 radical (unpaired) electrons. The Morgan fingerprint density at radius 1 is 1.15 bits per heavy atom. The predicted octanol–water partition coefficient (Wildman–Crippen LogP) is 5.92. The Kier molecular flexibility index (Phi) is 28.4. The summed E-state index contributed by atoms with van der Waals surface area (Å²) in [7, 11) is 1.90. The van der Waals surface area contributed by atoms with Gasteiger partial charge in [0.1, 0.15) is 12.1 Å². The lowest BCUT2D eigenvalue weighted by atomic mass is 10.1. The fourth-order valence-electron chi connectivity index (χ4n) is 3.48. The molecule has 1 aromatic carbocycles. The molecule has 1 aliphatic rings. The molecular formula is C32H53N3O5S. The summed E-state index contributed by atoms with van der Waals surface area (Å²) in [6.07, 6.45) is 9.56. The van der Waals surface area contributed by atoms with Gasteiger partial charge < -0.3 is 19.8 Å². The molecule has 0 atom stereocenters. The van der Waals surface area contributed by atoms with Gasteiger partial charge in [-0.25, -0.2) is 4.79 Å². The molecular weight excluding hydrogens is 538 g/mol. The van der Waals surface area contributed by atoms with Gasteiger partial charge in [-0.3, -0.25) is 14.7 Å². The number of thioether (sulfide) groups is 1. The molecule has 1 aliphatic heterocycles. The Bertz CT molecular complexity index is 910. The first-order chi connectivity index (χ1) is 19.9. The Morgan fingerprint density at radius 2 is 1.78 bits per heavy atom. The van der Waals surface area contributed by atoms with Crippen LogP contribution in [0.3, 0.4) is 0 Å². The highest BCUT2D eigenvalue weighted by Crippen LogP contribution is 2.33. The lowest BCUT2D eigenvalue weighted by Gasteiger charge is -2.36. The van der Waals surface area contributed by atoms with Crippen molar-refractivity contribution in [3.05, 3.63) is 65.6 Å². The summed E-state index contributed by atoms with van der Waals surface area (Å²) in [4.78, 5) is 31.1. The van der Waals surface area contributed by atoms with E-state index in [9.17, 15) is 9.59 Å². The molecule has 1 fully saturated rings. The van der Waals surface area contributed by atoms with Crippen LogP contribution in [0.1, 0.15) is 59.4 Å². The average Bonchev–Trinajstić information content (AvgIpc) is 3.01. The number of carboxylic acids is 1. The van der Waals surface area contributed by atoms with Crippen molar-refractivity contribution in [2.45, 2.75) is 58.8 Å². The molecule has 41 heavy (non-hydrogen) atoms. The minimum atomic E-state index is -1.10. The molecule has 232 valence electrons. The molecule has 8 nitrogen and oxygen atoms in total. The van der Waals surface area contributed by atoms with Gasteiger partial charge in [0, 0.05) is 56.3 Å². The highest BCUT2D eigenvalue weighted by Gasteiger charge is 2.22. The van der Waals surface area contributed by atoms with Gasteiger partial charge in [0.25, 0.3) is 0 Å². The van der Waals surface area contributed by atoms with Crippen molar-refractivity contribution in [3.8, 4) is 0 Å². The smallest absolute Gasteiger partial charge is 0.328 e. The Hall–Kier alpha value is -2.72. The number of amidine groups is 1. The SMILES string of the molecule is C/C=C(\CCC)Sc1ccccc1C(=NC)N1CCN(CCOCCO)CC1.C=CCC.CC.O=C/C=C/C(=O)O. The second-order valence-electron chi connectivity index (χ2n) is 8.35. The molecule has 0 aromatic heterocycles. The quantitative estimate of drug-likeness (QED) is 0.0554. The van der Waals surface area contributed by atoms with Crippen LogP contribution in [-0.4, -0.2) is 97.7 Å². The third-order valence-electron chi connectivity index (χ3n) is 5.46. The predicted molar refractivity (Wildman–Crippen MR) is 174 cm³/mol. The van der Waals surface area contributed by atoms with E-state index in [-0.39, 0.29) is 6.61 Å². The molecule has 0 amide bonds. The first kappa shape index (κ1) is 40.4. The van der Waals surface area contributed by atoms with Crippen molar-refractivity contribution in [1.29, 1.82) is 0 Å². The fourth-order valence-corrected chi connectivity index (χ4v) is 4.60. The van der Waals surface area contributed by atoms with E-state index >= 15 is 0 Å². The molecule has 9 heteroatoms. The maximum Gasteiger partial charge on any atom is 0.328 e. The van der Waals surface area contributed by atoms with Crippen molar-refractivity contribution < 1.29 is 24.5 Å². The van der Waals surface area contributed by atoms with E-state index in [0.29, 0.717) is 19.5 Å². The van der Waals surface area contributed by atoms with Gasteiger partial charge in [-0.1, -0.05) is 76.2 Å². The summed E-state index contributed by atoms with van der Waals surface area (Å²) in [5.74, 6) is -0.0154. The zero-order chi connectivity index (χ0) is 31.3. The van der Waals surface area contributed by atoms with Gasteiger partial charge in [-0.15, -0.1) is 6.58 Å². The Labute approximate surface area is 252 Å². The van der Waals surface area contributed by atoms with E-state index in [2.05, 4.69) is 72.5 Å². The number of carboxylic acid groups (broad SMARTS) is 1. The maximum absolute atomic E-state index is 9.51. The third kappa shape index (κ3) is 19.9. The van der Waals surface area contributed by atoms with Gasteiger partial charge in [0.05, 0.1) is 19.8 Å². The highest BCUT2D eigenvalue weighted by atomic mass is 32.2. The summed E-state index contributed by atoms with van der Waals surface area (Å²) >= 11 is 1.87. The molecule has 1 heterocycles. The number of allylic oxidation sites excluding steroid dienone is 4. The van der Waals surface area contributed by atoms with Gasteiger partial charge in [0.15, 0.2) is 0 Å². The van der Waals surface area contributed by atoms with E-state index < -0.39 is 5.97 Å². The molecule has 0 saturated carbocycles. The highest BCUT2D eigenvalue weighted by molar-refractivity contribution is 8.03. The Balaban J connectivity index is 0. The van der Waals surface area contributed by atoms with Crippen LogP contribution in [0.4, 0.5) is 0 Å². The second kappa shape index (κ2) is 28.8. The van der Waals surface area contributed by atoms with Gasteiger partial charge in [-0.05, 0) is 36.8 Å². The zero-order valence-electron chi connectivity index (χ0n) is 26.1. The van der Waals surface area contributed by atoms with Crippen LogP contribution >= 0.6 is 11.8 Å². The van der Waals surface area contributed by atoms with Crippen LogP contribution in [0, 0.1) is 0 Å². The van der Waals surface area contributed by atoms with E-state index in [1.54, 1.807) is 0 Å². The van der Waals surface area contributed by atoms with Crippen LogP contribution in [0.2, 0.25) is 0 Å². The average molecular weight is 592 g/mol. The van der Waals surface area contributed by atoms with E-state index in [1.807, 2.05) is 38.7 Å². The lowest BCUT2D eigenvalue weighted by molar-refractivity contribution is -0.131. The monoisotopic (exact) mass is 591 g/mol. The molecule has 1 saturated heterocycles. The van der Waals surface area contributed by atoms with Crippen molar-refractivity contribution in [2.24, 2.45) is 4.99 Å². The largest absolute Gasteiger partial charge is 0.478 e. The summed E-state index contributed by atoms with van der Waals surface area (Å²) in [6.45, 7) is 20.0. The van der Waals surface area contributed by atoms with Gasteiger partial charge in [0.2, 0.25) is 0 Å². The van der Waals surface area contributed by atoms with Crippen molar-refractivity contribution in [2.75, 3.05) is 59.6 Å². The van der Waals surface area contributed by atoms with Crippen LogP contribution < -0.4 is 0 Å². The standard InChI is InChI=1S/C22H35N3O2S.C4H4O3.C4H8.C2H6/c1-4-8-19(5-2)28-21-10-7-6-9-20(21)22(23-3)25-13-11-24(12-14-25)15-17-27-18-16-26;5-3-1-2-4(6)7;1-3-4-2;1-2/h5-7,9-10,26H,4,8,11-18H2,1-3H3;1-3H,(H,6,7);3H,1,4H2,2H3;1-2H3/b19-5+,23-22?;2-1+;;. The lowest BCUT2D eigenvalue weighted by Crippen LogP contribution is -2.49. The number of carbonyl (C=O) groups is 2. The summed E-state index contributed by atoms with van der Waals surface area (Å²) in [6, 6.07) is 8.62. The number of piperazine rings is 1. The molecule has 1 aromatic rings. The van der Waals surface area contributed by atoms with Crippen LogP contribution in [0.5, 0.6) is 0 Å². The number of ether oxygens (including phenoxy) is 1. The minimum absolute atomic E-state index is 0.0920. The number of rotatable bonds is 13. The number of hydrogen-bond donors (Lipinski definition) is 2. The molecule has 0 spiro atoms. The molecule has 2 N–H and O–H groups in total. The van der Waals surface area contributed by atoms with Gasteiger partial charge in [-0.2, -0.15) is 0 Å². The van der Waals surface area contributed by atoms with Crippen LogP contribution in [0.25, 0.3) is 0 Å². The number of aliphatic imine (C=N–C) groups is 1. The van der Waals surface area contributed by atoms with Crippen LogP contribution in [-0.2, 0) is 14.3 Å². The molecule has 2 rings (SSSR count). The number of hydrogen-bond acceptors (Lipinski definition) is 7. The van der Waals surface area contributed by atoms with E-state index in [4.69, 9.17) is 14.9 Å². The number of aliphatic carboxylic acids is 1. The summed E-state index contributed by atoms with van der Waals surface area (Å²) < 4.78 is 5.40. The number of aliphatic hydroxyl groups excluding tert-OH is 1. The van der Waals surface area contributed by atoms with Gasteiger partial charge >= 0.3 is 5.97 Å². The number of carbonyl (C=O) groups excluding carboxylic acids is 1.